The van der Waals surface area contributed by atoms with Crippen LogP contribution in [0.25, 0.3) is 11.0 Å². The van der Waals surface area contributed by atoms with Crippen LogP contribution in [0.1, 0.15) is 23.2 Å². The number of aromatic nitrogens is 4. The summed E-state index contributed by atoms with van der Waals surface area (Å²) in [4.78, 5) is 38.0. The number of hydrogen-bond acceptors (Lipinski definition) is 8. The fourth-order valence-electron chi connectivity index (χ4n) is 4.11. The van der Waals surface area contributed by atoms with E-state index in [9.17, 15) is 9.59 Å². The molecule has 1 aromatic carbocycles. The summed E-state index contributed by atoms with van der Waals surface area (Å²) in [6.07, 6.45) is 3.67. The lowest BCUT2D eigenvalue weighted by atomic mass is 10.1. The van der Waals surface area contributed by atoms with Crippen LogP contribution in [0.5, 0.6) is 11.5 Å². The van der Waals surface area contributed by atoms with E-state index in [2.05, 4.69) is 20.0 Å². The number of fused-ring (bicyclic) bond motifs is 2. The van der Waals surface area contributed by atoms with Gasteiger partial charge in [0.15, 0.2) is 22.9 Å². The van der Waals surface area contributed by atoms with Gasteiger partial charge in [0.1, 0.15) is 25.4 Å². The molecule has 1 amide bonds. The minimum absolute atomic E-state index is 0.00949. The van der Waals surface area contributed by atoms with Gasteiger partial charge >= 0.3 is 0 Å². The Morgan fingerprint density at radius 3 is 2.59 bits per heavy atom. The van der Waals surface area contributed by atoms with E-state index in [0.717, 1.165) is 16.9 Å². The van der Waals surface area contributed by atoms with E-state index >= 15 is 0 Å². The van der Waals surface area contributed by atoms with Crippen LogP contribution in [-0.4, -0.2) is 75.7 Å². The number of benzene rings is 1. The number of aryl methyl sites for hydroxylation is 1. The van der Waals surface area contributed by atoms with E-state index < -0.39 is 0 Å². The van der Waals surface area contributed by atoms with Gasteiger partial charge in [0, 0.05) is 51.6 Å². The number of piperazine rings is 1. The van der Waals surface area contributed by atoms with Gasteiger partial charge in [-0.15, -0.1) is 0 Å². The number of rotatable bonds is 5. The summed E-state index contributed by atoms with van der Waals surface area (Å²) < 4.78 is 12.7. The molecule has 1 fully saturated rings. The summed E-state index contributed by atoms with van der Waals surface area (Å²) in [6, 6.07) is 5.16. The lowest BCUT2D eigenvalue weighted by Gasteiger charge is -2.35. The van der Waals surface area contributed by atoms with Crippen molar-refractivity contribution in [3.05, 3.63) is 36.3 Å². The molecular formula is C22H24N6O4. The summed E-state index contributed by atoms with van der Waals surface area (Å²) in [5.41, 5.74) is 1.32. The van der Waals surface area contributed by atoms with Crippen molar-refractivity contribution in [3.8, 4) is 11.5 Å². The van der Waals surface area contributed by atoms with E-state index in [-0.39, 0.29) is 24.5 Å². The van der Waals surface area contributed by atoms with Crippen molar-refractivity contribution in [1.82, 2.24) is 24.6 Å². The molecule has 1 saturated heterocycles. The minimum Gasteiger partial charge on any atom is -0.486 e. The number of ether oxygens (including phenoxy) is 2. The normalized spacial score (nSPS) is 15.8. The van der Waals surface area contributed by atoms with E-state index in [4.69, 9.17) is 9.47 Å². The molecule has 2 aromatic heterocycles. The Balaban J connectivity index is 1.16. The number of ketones is 1. The van der Waals surface area contributed by atoms with Crippen LogP contribution in [0.2, 0.25) is 0 Å². The van der Waals surface area contributed by atoms with Crippen molar-refractivity contribution in [3.63, 3.8) is 0 Å². The van der Waals surface area contributed by atoms with Crippen LogP contribution in [0.15, 0.2) is 30.7 Å². The molecule has 10 nitrogen and oxygen atoms in total. The first-order chi connectivity index (χ1) is 15.6. The molecule has 0 unspecified atom stereocenters. The molecule has 0 aliphatic carbocycles. The first-order valence-corrected chi connectivity index (χ1v) is 10.7. The van der Waals surface area contributed by atoms with Gasteiger partial charge in [-0.25, -0.2) is 9.97 Å². The second-order valence-electron chi connectivity index (χ2n) is 7.85. The lowest BCUT2D eigenvalue weighted by molar-refractivity contribution is -0.131. The molecule has 0 spiro atoms. The van der Waals surface area contributed by atoms with Gasteiger partial charge in [-0.1, -0.05) is 0 Å². The van der Waals surface area contributed by atoms with Gasteiger partial charge in [-0.2, -0.15) is 5.10 Å². The molecule has 0 bridgehead atoms. The Morgan fingerprint density at radius 2 is 1.78 bits per heavy atom. The fourth-order valence-corrected chi connectivity index (χ4v) is 4.11. The molecule has 5 rings (SSSR count). The van der Waals surface area contributed by atoms with Gasteiger partial charge in [0.25, 0.3) is 0 Å². The number of amides is 1. The maximum Gasteiger partial charge on any atom is 0.223 e. The molecule has 3 aromatic rings. The molecular weight excluding hydrogens is 412 g/mol. The quantitative estimate of drug-likeness (QED) is 0.554. The summed E-state index contributed by atoms with van der Waals surface area (Å²) in [6.45, 7) is 3.49. The maximum atomic E-state index is 12.7. The molecule has 0 saturated carbocycles. The molecule has 166 valence electrons. The monoisotopic (exact) mass is 436 g/mol. The highest BCUT2D eigenvalue weighted by molar-refractivity contribution is 5.98. The third-order valence-corrected chi connectivity index (χ3v) is 5.87. The predicted molar refractivity (Wildman–Crippen MR) is 116 cm³/mol. The minimum atomic E-state index is -0.0751. The Kier molecular flexibility index (Phi) is 5.34. The number of anilines is 1. The smallest absolute Gasteiger partial charge is 0.223 e. The van der Waals surface area contributed by atoms with Crippen LogP contribution in [0.4, 0.5) is 5.82 Å². The highest BCUT2D eigenvalue weighted by Crippen LogP contribution is 2.31. The number of carbonyl (C=O) groups is 2. The first kappa shape index (κ1) is 20.2. The summed E-state index contributed by atoms with van der Waals surface area (Å²) in [5, 5.41) is 5.16. The molecule has 4 heterocycles. The van der Waals surface area contributed by atoms with Crippen molar-refractivity contribution < 1.29 is 19.1 Å². The Morgan fingerprint density at radius 1 is 1.00 bits per heavy atom. The highest BCUT2D eigenvalue weighted by Gasteiger charge is 2.24. The lowest BCUT2D eigenvalue weighted by Crippen LogP contribution is -2.49. The van der Waals surface area contributed by atoms with Crippen molar-refractivity contribution in [1.29, 1.82) is 0 Å². The van der Waals surface area contributed by atoms with Crippen LogP contribution in [-0.2, 0) is 11.8 Å². The van der Waals surface area contributed by atoms with Gasteiger partial charge < -0.3 is 19.3 Å². The summed E-state index contributed by atoms with van der Waals surface area (Å²) in [7, 11) is 1.85. The maximum absolute atomic E-state index is 12.7. The van der Waals surface area contributed by atoms with Crippen LogP contribution in [0, 0.1) is 0 Å². The Hall–Kier alpha value is -3.69. The van der Waals surface area contributed by atoms with E-state index in [1.165, 1.54) is 0 Å². The molecule has 0 N–H and O–H groups in total. The van der Waals surface area contributed by atoms with Crippen molar-refractivity contribution in [2.75, 3.05) is 44.3 Å². The standard InChI is InChI=1S/C22H24N6O4/c1-26-21-16(13-25-26)22(24-14-23-21)28-8-6-27(7-9-28)20(30)5-3-17(29)15-2-4-18-19(12-15)32-11-10-31-18/h2,4,12-14H,3,5-11H2,1H3. The fraction of sp³-hybridized carbons (Fsp3) is 0.409. The van der Waals surface area contributed by atoms with Crippen LogP contribution >= 0.6 is 0 Å². The zero-order valence-electron chi connectivity index (χ0n) is 17.9. The van der Waals surface area contributed by atoms with Gasteiger partial charge in [0.05, 0.1) is 11.6 Å². The van der Waals surface area contributed by atoms with Crippen molar-refractivity contribution in [2.45, 2.75) is 12.8 Å². The zero-order valence-corrected chi connectivity index (χ0v) is 17.9. The second kappa shape index (κ2) is 8.45. The Labute approximate surface area is 184 Å². The van der Waals surface area contributed by atoms with Crippen LogP contribution in [0.3, 0.4) is 0 Å². The van der Waals surface area contributed by atoms with Crippen molar-refractivity contribution in [2.24, 2.45) is 7.05 Å². The number of carbonyl (C=O) groups excluding carboxylic acids is 2. The van der Waals surface area contributed by atoms with Gasteiger partial charge in [0.2, 0.25) is 5.91 Å². The van der Waals surface area contributed by atoms with Crippen LogP contribution < -0.4 is 14.4 Å². The highest BCUT2D eigenvalue weighted by atomic mass is 16.6. The largest absolute Gasteiger partial charge is 0.486 e. The molecule has 0 radical (unpaired) electrons. The second-order valence-corrected chi connectivity index (χ2v) is 7.85. The third kappa shape index (κ3) is 3.83. The van der Waals surface area contributed by atoms with E-state index in [1.54, 1.807) is 35.4 Å². The molecule has 0 atom stereocenters. The average molecular weight is 436 g/mol. The first-order valence-electron chi connectivity index (χ1n) is 10.7. The molecule has 2 aliphatic rings. The van der Waals surface area contributed by atoms with Crippen molar-refractivity contribution >= 4 is 28.5 Å². The summed E-state index contributed by atoms with van der Waals surface area (Å²) >= 11 is 0. The molecule has 10 heteroatoms. The summed E-state index contributed by atoms with van der Waals surface area (Å²) in [5.74, 6) is 1.98. The average Bonchev–Trinajstić information content (AvgIpc) is 3.23. The number of Topliss-reactive ketones (excluding diaryl/α,β-unsaturated/α-hetero) is 1. The SMILES string of the molecule is Cn1ncc2c(N3CCN(C(=O)CCC(=O)c4ccc5c(c4)OCCO5)CC3)ncnc21. The predicted octanol–water partition coefficient (Wildman–Crippen LogP) is 1.45. The molecule has 2 aliphatic heterocycles. The van der Waals surface area contributed by atoms with Gasteiger partial charge in [-0.3, -0.25) is 14.3 Å². The topological polar surface area (TPSA) is 103 Å². The number of hydrogen-bond donors (Lipinski definition) is 0. The third-order valence-electron chi connectivity index (χ3n) is 5.87. The Bertz CT molecular complexity index is 1170. The number of nitrogens with zero attached hydrogens (tertiary/aromatic N) is 6. The zero-order chi connectivity index (χ0) is 22.1. The van der Waals surface area contributed by atoms with Gasteiger partial charge in [-0.05, 0) is 18.2 Å². The molecule has 32 heavy (non-hydrogen) atoms. The van der Waals surface area contributed by atoms with E-state index in [1.807, 2.05) is 11.9 Å². The van der Waals surface area contributed by atoms with E-state index in [0.29, 0.717) is 56.5 Å².